The Kier molecular flexibility index (Phi) is 4.21. The van der Waals surface area contributed by atoms with Gasteiger partial charge in [-0.15, -0.1) is 0 Å². The molecule has 0 aliphatic carbocycles. The highest BCUT2D eigenvalue weighted by Gasteiger charge is 1.96. The van der Waals surface area contributed by atoms with Crippen LogP contribution in [0, 0.1) is 11.3 Å². The first-order chi connectivity index (χ1) is 6.72. The number of aryl methyl sites for hydroxylation is 1. The lowest BCUT2D eigenvalue weighted by molar-refractivity contribution is -0.109. The number of benzene rings is 1. The highest BCUT2D eigenvalue weighted by atomic mass is 32.2. The molecule has 0 heterocycles. The third kappa shape index (κ3) is 3.63. The molecule has 72 valence electrons. The van der Waals surface area contributed by atoms with Gasteiger partial charge in [0.05, 0.1) is 11.6 Å². The Morgan fingerprint density at radius 2 is 2.07 bits per heavy atom. The van der Waals surface area contributed by atoms with Gasteiger partial charge in [-0.1, -0.05) is 23.9 Å². The second kappa shape index (κ2) is 5.46. The maximum Gasteiger partial charge on any atom is 0.185 e. The summed E-state index contributed by atoms with van der Waals surface area (Å²) in [5.41, 5.74) is 1.84. The highest BCUT2D eigenvalue weighted by Crippen LogP contribution is 2.08. The van der Waals surface area contributed by atoms with Crippen molar-refractivity contribution in [2.24, 2.45) is 0 Å². The smallest absolute Gasteiger partial charge is 0.185 e. The minimum atomic E-state index is 0.152. The Morgan fingerprint density at radius 3 is 2.57 bits per heavy atom. The van der Waals surface area contributed by atoms with Gasteiger partial charge in [0.1, 0.15) is 0 Å². The summed E-state index contributed by atoms with van der Waals surface area (Å²) in [7, 11) is 0. The molecule has 0 spiro atoms. The monoisotopic (exact) mass is 205 g/mol. The van der Waals surface area contributed by atoms with Crippen molar-refractivity contribution in [3.63, 3.8) is 0 Å². The molecule has 0 bridgehead atoms. The Morgan fingerprint density at radius 1 is 1.43 bits per heavy atom. The molecule has 0 saturated carbocycles. The van der Waals surface area contributed by atoms with Crippen molar-refractivity contribution >= 4 is 16.9 Å². The number of hydrogen-bond acceptors (Lipinski definition) is 3. The first kappa shape index (κ1) is 10.8. The molecule has 0 aliphatic rings. The van der Waals surface area contributed by atoms with Crippen molar-refractivity contribution in [1.29, 1.82) is 5.26 Å². The van der Waals surface area contributed by atoms with Crippen molar-refractivity contribution in [1.82, 2.24) is 0 Å². The summed E-state index contributed by atoms with van der Waals surface area (Å²) in [5, 5.41) is 8.73. The maximum atomic E-state index is 10.7. The quantitative estimate of drug-likeness (QED) is 0.760. The fraction of sp³-hybridized carbons (Fsp3) is 0.273. The molecular weight excluding hydrogens is 194 g/mol. The summed E-state index contributed by atoms with van der Waals surface area (Å²) in [6, 6.07) is 9.53. The Hall–Kier alpha value is -1.27. The Bertz CT molecular complexity index is 351. The van der Waals surface area contributed by atoms with E-state index in [0.29, 0.717) is 5.56 Å². The first-order valence-corrected chi connectivity index (χ1v) is 5.33. The molecule has 0 amide bonds. The molecule has 2 nitrogen and oxygen atoms in total. The zero-order valence-corrected chi connectivity index (χ0v) is 8.80. The second-order valence-electron chi connectivity index (χ2n) is 2.90. The van der Waals surface area contributed by atoms with Crippen molar-refractivity contribution in [2.45, 2.75) is 13.3 Å². The molecule has 1 aromatic rings. The fourth-order valence-electron chi connectivity index (χ4n) is 1.06. The predicted molar refractivity (Wildman–Crippen MR) is 58.0 cm³/mol. The molecule has 1 aromatic carbocycles. The van der Waals surface area contributed by atoms with Crippen molar-refractivity contribution in [2.75, 3.05) is 5.75 Å². The number of carbonyl (C=O) groups excluding carboxylic acids is 1. The molecule has 0 fully saturated rings. The number of carbonyl (C=O) groups is 1. The number of hydrogen-bond donors (Lipinski definition) is 0. The molecule has 0 aliphatic heterocycles. The van der Waals surface area contributed by atoms with E-state index in [1.54, 1.807) is 19.1 Å². The van der Waals surface area contributed by atoms with E-state index in [1.165, 1.54) is 11.8 Å². The average molecular weight is 205 g/mol. The van der Waals surface area contributed by atoms with Crippen molar-refractivity contribution in [3.8, 4) is 6.07 Å². The van der Waals surface area contributed by atoms with Gasteiger partial charge in [-0.25, -0.2) is 0 Å². The normalized spacial score (nSPS) is 9.43. The van der Waals surface area contributed by atoms with Crippen LogP contribution in [0.15, 0.2) is 24.3 Å². The largest absolute Gasteiger partial charge is 0.288 e. The predicted octanol–water partition coefficient (Wildman–Crippen LogP) is 2.38. The standard InChI is InChI=1S/C11H11NOS/c1-9(13)14-7-6-10-2-4-11(8-12)5-3-10/h2-5H,6-7H2,1H3. The van der Waals surface area contributed by atoms with Crippen molar-refractivity contribution in [3.05, 3.63) is 35.4 Å². The van der Waals surface area contributed by atoms with Crippen LogP contribution in [0.2, 0.25) is 0 Å². The minimum Gasteiger partial charge on any atom is -0.288 e. The van der Waals surface area contributed by atoms with E-state index in [4.69, 9.17) is 5.26 Å². The molecule has 0 N–H and O–H groups in total. The van der Waals surface area contributed by atoms with Gasteiger partial charge in [-0.2, -0.15) is 5.26 Å². The van der Waals surface area contributed by atoms with E-state index in [-0.39, 0.29) is 5.12 Å². The maximum absolute atomic E-state index is 10.7. The first-order valence-electron chi connectivity index (χ1n) is 4.35. The van der Waals surface area contributed by atoms with Crippen LogP contribution >= 0.6 is 11.8 Å². The number of rotatable bonds is 3. The van der Waals surface area contributed by atoms with Gasteiger partial charge < -0.3 is 0 Å². The second-order valence-corrected chi connectivity index (χ2v) is 4.17. The van der Waals surface area contributed by atoms with Crippen LogP contribution < -0.4 is 0 Å². The Balaban J connectivity index is 2.45. The molecule has 0 unspecified atom stereocenters. The lowest BCUT2D eigenvalue weighted by Gasteiger charge is -1.99. The van der Waals surface area contributed by atoms with E-state index in [0.717, 1.165) is 17.7 Å². The highest BCUT2D eigenvalue weighted by molar-refractivity contribution is 8.13. The molecule has 14 heavy (non-hydrogen) atoms. The van der Waals surface area contributed by atoms with Crippen LogP contribution in [-0.2, 0) is 11.2 Å². The zero-order valence-electron chi connectivity index (χ0n) is 7.99. The molecule has 1 rings (SSSR count). The van der Waals surface area contributed by atoms with E-state index in [2.05, 4.69) is 6.07 Å². The van der Waals surface area contributed by atoms with Gasteiger partial charge in [0.2, 0.25) is 0 Å². The average Bonchev–Trinajstić information content (AvgIpc) is 2.18. The van der Waals surface area contributed by atoms with Gasteiger partial charge in [0, 0.05) is 12.7 Å². The van der Waals surface area contributed by atoms with E-state index in [1.807, 2.05) is 12.1 Å². The topological polar surface area (TPSA) is 40.9 Å². The number of nitrogens with zero attached hydrogens (tertiary/aromatic N) is 1. The molecule has 0 saturated heterocycles. The fourth-order valence-corrected chi connectivity index (χ4v) is 1.68. The molecule has 3 heteroatoms. The van der Waals surface area contributed by atoms with Gasteiger partial charge in [0.25, 0.3) is 0 Å². The van der Waals surface area contributed by atoms with Crippen LogP contribution in [0.3, 0.4) is 0 Å². The van der Waals surface area contributed by atoms with Crippen LogP contribution in [0.5, 0.6) is 0 Å². The van der Waals surface area contributed by atoms with Crippen LogP contribution in [0.4, 0.5) is 0 Å². The number of thioether (sulfide) groups is 1. The lowest BCUT2D eigenvalue weighted by Crippen LogP contribution is -1.91. The van der Waals surface area contributed by atoms with E-state index < -0.39 is 0 Å². The van der Waals surface area contributed by atoms with Crippen LogP contribution in [0.1, 0.15) is 18.1 Å². The number of nitriles is 1. The summed E-state index contributed by atoms with van der Waals surface area (Å²) in [4.78, 5) is 10.7. The molecule has 0 atom stereocenters. The molecule has 0 radical (unpaired) electrons. The minimum absolute atomic E-state index is 0.152. The third-order valence-corrected chi connectivity index (χ3v) is 2.59. The van der Waals surface area contributed by atoms with Crippen LogP contribution in [-0.4, -0.2) is 10.9 Å². The van der Waals surface area contributed by atoms with Gasteiger partial charge in [-0.05, 0) is 24.1 Å². The van der Waals surface area contributed by atoms with Crippen molar-refractivity contribution < 1.29 is 4.79 Å². The summed E-state index contributed by atoms with van der Waals surface area (Å²) >= 11 is 1.33. The summed E-state index contributed by atoms with van der Waals surface area (Å²) < 4.78 is 0. The van der Waals surface area contributed by atoms with Gasteiger partial charge in [-0.3, -0.25) is 4.79 Å². The van der Waals surface area contributed by atoms with Gasteiger partial charge in [0.15, 0.2) is 5.12 Å². The zero-order chi connectivity index (χ0) is 10.4. The summed E-state index contributed by atoms with van der Waals surface area (Å²) in [6.45, 7) is 1.57. The van der Waals surface area contributed by atoms with E-state index >= 15 is 0 Å². The van der Waals surface area contributed by atoms with E-state index in [9.17, 15) is 4.79 Å². The summed E-state index contributed by atoms with van der Waals surface area (Å²) in [5.74, 6) is 0.807. The SMILES string of the molecule is CC(=O)SCCc1ccc(C#N)cc1. The van der Waals surface area contributed by atoms with Crippen LogP contribution in [0.25, 0.3) is 0 Å². The Labute approximate surface area is 87.9 Å². The molecular formula is C11H11NOS. The summed E-state index contributed by atoms with van der Waals surface area (Å²) in [6.07, 6.45) is 0.871. The molecule has 0 aromatic heterocycles. The lowest BCUT2D eigenvalue weighted by atomic mass is 10.1. The third-order valence-electron chi connectivity index (χ3n) is 1.78. The van der Waals surface area contributed by atoms with Gasteiger partial charge >= 0.3 is 0 Å².